The number of Topliss-reactive ketones (excluding diaryl/α,β-unsaturated/α-hetero) is 1. The van der Waals surface area contributed by atoms with Crippen LogP contribution in [0.4, 0.5) is 0 Å². The number of carbonyl (C=O) groups is 2. The van der Waals surface area contributed by atoms with Crippen molar-refractivity contribution in [1.29, 1.82) is 0 Å². The molecule has 2 aromatic carbocycles. The number of benzene rings is 2. The van der Waals surface area contributed by atoms with Crippen LogP contribution in [0.3, 0.4) is 0 Å². The van der Waals surface area contributed by atoms with Gasteiger partial charge in [-0.2, -0.15) is 0 Å². The lowest BCUT2D eigenvalue weighted by molar-refractivity contribution is -0.134. The minimum absolute atomic E-state index is 0.0825. The van der Waals surface area contributed by atoms with Gasteiger partial charge < -0.3 is 28.2 Å². The Morgan fingerprint density at radius 2 is 1.76 bits per heavy atom. The Morgan fingerprint density at radius 3 is 2.47 bits per heavy atom. The van der Waals surface area contributed by atoms with Gasteiger partial charge in [0, 0.05) is 18.1 Å². The van der Waals surface area contributed by atoms with Crippen molar-refractivity contribution in [3.63, 3.8) is 0 Å². The van der Waals surface area contributed by atoms with Gasteiger partial charge in [0.2, 0.25) is 5.78 Å². The summed E-state index contributed by atoms with van der Waals surface area (Å²) in [4.78, 5) is 25.2. The van der Waals surface area contributed by atoms with Crippen molar-refractivity contribution >= 4 is 17.8 Å². The van der Waals surface area contributed by atoms with Crippen LogP contribution in [0.1, 0.15) is 33.7 Å². The number of ketones is 1. The van der Waals surface area contributed by atoms with Crippen molar-refractivity contribution in [2.75, 3.05) is 21.3 Å². The van der Waals surface area contributed by atoms with E-state index in [1.807, 2.05) is 0 Å². The number of hydrogen-bond acceptors (Lipinski definition) is 9. The third-order valence-electron chi connectivity index (χ3n) is 5.29. The van der Waals surface area contributed by atoms with E-state index in [4.69, 9.17) is 28.2 Å². The molecule has 9 heteroatoms. The third-order valence-corrected chi connectivity index (χ3v) is 5.29. The van der Waals surface area contributed by atoms with Crippen LogP contribution in [0.5, 0.6) is 28.9 Å². The highest BCUT2D eigenvalue weighted by molar-refractivity contribution is 6.15. The minimum atomic E-state index is -0.455. The summed E-state index contributed by atoms with van der Waals surface area (Å²) >= 11 is 0. The lowest BCUT2D eigenvalue weighted by Gasteiger charge is -2.10. The number of nitrogens with zero attached hydrogens (tertiary/aromatic N) is 1. The molecule has 0 unspecified atom stereocenters. The van der Waals surface area contributed by atoms with E-state index in [0.29, 0.717) is 57.7 Å². The van der Waals surface area contributed by atoms with Crippen LogP contribution in [0.15, 0.2) is 46.7 Å². The zero-order valence-electron chi connectivity index (χ0n) is 19.2. The molecule has 0 bridgehead atoms. The van der Waals surface area contributed by atoms with Crippen LogP contribution in [0.25, 0.3) is 6.08 Å². The molecule has 4 rings (SSSR count). The Morgan fingerprint density at radius 1 is 1.00 bits per heavy atom. The lowest BCUT2D eigenvalue weighted by atomic mass is 10.1. The molecule has 0 fully saturated rings. The van der Waals surface area contributed by atoms with Gasteiger partial charge in [0.1, 0.15) is 17.3 Å². The summed E-state index contributed by atoms with van der Waals surface area (Å²) in [6.45, 7) is 1.73. The molecule has 0 spiro atoms. The maximum Gasteiger partial charge on any atom is 0.311 e. The second-order valence-electron chi connectivity index (χ2n) is 7.43. The smallest absolute Gasteiger partial charge is 0.311 e. The van der Waals surface area contributed by atoms with Gasteiger partial charge in [-0.1, -0.05) is 6.07 Å². The number of allylic oxidation sites excluding steroid dienone is 1. The Hall–Kier alpha value is -4.27. The van der Waals surface area contributed by atoms with Crippen LogP contribution in [-0.4, -0.2) is 38.2 Å². The van der Waals surface area contributed by atoms with E-state index in [-0.39, 0.29) is 18.0 Å². The highest BCUT2D eigenvalue weighted by Gasteiger charge is 2.30. The number of aryl methyl sites for hydroxylation is 1. The SMILES string of the molecule is COc1cc(CCC(=O)Oc2ccc3c(c2C)O/C(=C\c2ccc(OC)c(OC)c2)C3=O)on1. The Balaban J connectivity index is 1.48. The fourth-order valence-corrected chi connectivity index (χ4v) is 3.48. The molecule has 9 nitrogen and oxygen atoms in total. The zero-order chi connectivity index (χ0) is 24.2. The Bertz CT molecular complexity index is 1270. The van der Waals surface area contributed by atoms with E-state index in [1.54, 1.807) is 56.5 Å². The lowest BCUT2D eigenvalue weighted by Crippen LogP contribution is -2.10. The van der Waals surface area contributed by atoms with Crippen molar-refractivity contribution in [3.05, 3.63) is 64.6 Å². The predicted octanol–water partition coefficient (Wildman–Crippen LogP) is 4.16. The number of carbonyl (C=O) groups excluding carboxylic acids is 2. The second-order valence-corrected chi connectivity index (χ2v) is 7.43. The molecule has 0 saturated carbocycles. The molecular formula is C25H23NO8. The van der Waals surface area contributed by atoms with E-state index in [9.17, 15) is 9.59 Å². The Kier molecular flexibility index (Phi) is 6.53. The van der Waals surface area contributed by atoms with Gasteiger partial charge in [-0.3, -0.25) is 9.59 Å². The molecule has 2 heterocycles. The number of esters is 1. The quantitative estimate of drug-likeness (QED) is 0.275. The first-order chi connectivity index (χ1) is 16.4. The third kappa shape index (κ3) is 4.59. The van der Waals surface area contributed by atoms with E-state index in [2.05, 4.69) is 5.16 Å². The van der Waals surface area contributed by atoms with Gasteiger partial charge in [-0.25, -0.2) is 0 Å². The molecule has 1 aromatic heterocycles. The Labute approximate surface area is 195 Å². The number of methoxy groups -OCH3 is 3. The van der Waals surface area contributed by atoms with Crippen LogP contribution in [0.2, 0.25) is 0 Å². The van der Waals surface area contributed by atoms with Gasteiger partial charge in [-0.15, -0.1) is 0 Å². The van der Waals surface area contributed by atoms with Crippen LogP contribution in [0, 0.1) is 6.92 Å². The van der Waals surface area contributed by atoms with Gasteiger partial charge in [0.25, 0.3) is 5.88 Å². The molecular weight excluding hydrogens is 442 g/mol. The van der Waals surface area contributed by atoms with Crippen molar-refractivity contribution in [3.8, 4) is 28.9 Å². The first-order valence-corrected chi connectivity index (χ1v) is 10.4. The number of aromatic nitrogens is 1. The average molecular weight is 465 g/mol. The topological polar surface area (TPSA) is 106 Å². The largest absolute Gasteiger partial charge is 0.493 e. The number of ether oxygens (including phenoxy) is 5. The normalized spacial score (nSPS) is 13.4. The minimum Gasteiger partial charge on any atom is -0.493 e. The van der Waals surface area contributed by atoms with E-state index in [0.717, 1.165) is 0 Å². The highest BCUT2D eigenvalue weighted by atomic mass is 16.5. The van der Waals surface area contributed by atoms with Crippen molar-refractivity contribution in [1.82, 2.24) is 5.16 Å². The van der Waals surface area contributed by atoms with E-state index >= 15 is 0 Å². The summed E-state index contributed by atoms with van der Waals surface area (Å²) in [5.41, 5.74) is 1.66. The highest BCUT2D eigenvalue weighted by Crippen LogP contribution is 2.40. The zero-order valence-corrected chi connectivity index (χ0v) is 19.2. The van der Waals surface area contributed by atoms with E-state index in [1.165, 1.54) is 14.2 Å². The fourth-order valence-electron chi connectivity index (χ4n) is 3.48. The number of hydrogen-bond donors (Lipinski definition) is 0. The molecule has 0 amide bonds. The van der Waals surface area contributed by atoms with Gasteiger partial charge >= 0.3 is 5.97 Å². The summed E-state index contributed by atoms with van der Waals surface area (Å²) in [6.07, 6.45) is 2.02. The summed E-state index contributed by atoms with van der Waals surface area (Å²) in [5, 5.41) is 3.70. The van der Waals surface area contributed by atoms with E-state index < -0.39 is 5.97 Å². The molecule has 0 N–H and O–H groups in total. The summed E-state index contributed by atoms with van der Waals surface area (Å²) in [6, 6.07) is 10.1. The summed E-state index contributed by atoms with van der Waals surface area (Å²) in [5.74, 6) is 2.10. The van der Waals surface area contributed by atoms with Crippen LogP contribution < -0.4 is 23.7 Å². The molecule has 0 saturated heterocycles. The number of rotatable bonds is 8. The molecule has 1 aliphatic heterocycles. The molecule has 0 radical (unpaired) electrons. The van der Waals surface area contributed by atoms with Gasteiger partial charge in [-0.05, 0) is 48.0 Å². The first kappa shape index (κ1) is 22.9. The van der Waals surface area contributed by atoms with Crippen molar-refractivity contribution in [2.24, 2.45) is 0 Å². The maximum atomic E-state index is 12.9. The van der Waals surface area contributed by atoms with Crippen molar-refractivity contribution < 1.29 is 37.8 Å². The van der Waals surface area contributed by atoms with Crippen LogP contribution >= 0.6 is 0 Å². The second kappa shape index (κ2) is 9.70. The average Bonchev–Trinajstić information content (AvgIpc) is 3.44. The molecule has 1 aliphatic rings. The maximum absolute atomic E-state index is 12.9. The molecule has 0 atom stereocenters. The molecule has 3 aromatic rings. The van der Waals surface area contributed by atoms with Gasteiger partial charge in [0.15, 0.2) is 17.3 Å². The number of fused-ring (bicyclic) bond motifs is 1. The molecule has 34 heavy (non-hydrogen) atoms. The molecule has 0 aliphatic carbocycles. The fraction of sp³-hybridized carbons (Fsp3) is 0.240. The monoisotopic (exact) mass is 465 g/mol. The first-order valence-electron chi connectivity index (χ1n) is 10.4. The van der Waals surface area contributed by atoms with Gasteiger partial charge in [0.05, 0.1) is 33.3 Å². The predicted molar refractivity (Wildman–Crippen MR) is 121 cm³/mol. The standard InChI is InChI=1S/C25H23NO8/c1-14-18(32-23(27)10-6-16-13-22(31-4)26-34-16)9-7-17-24(28)21(33-25(14)17)12-15-5-8-19(29-2)20(11-15)30-3/h5,7-9,11-13H,6,10H2,1-4H3/b21-12-. The summed E-state index contributed by atoms with van der Waals surface area (Å²) in [7, 11) is 4.57. The van der Waals surface area contributed by atoms with Crippen LogP contribution in [-0.2, 0) is 11.2 Å². The molecule has 176 valence electrons. The van der Waals surface area contributed by atoms with Crippen molar-refractivity contribution in [2.45, 2.75) is 19.8 Å². The summed E-state index contributed by atoms with van der Waals surface area (Å²) < 4.78 is 31.9.